The lowest BCUT2D eigenvalue weighted by atomic mass is 10.1. The summed E-state index contributed by atoms with van der Waals surface area (Å²) in [6, 6.07) is 25.4. The van der Waals surface area contributed by atoms with E-state index in [0.29, 0.717) is 25.1 Å². The lowest BCUT2D eigenvalue weighted by molar-refractivity contribution is 0.340. The molecule has 7 heteroatoms. The van der Waals surface area contributed by atoms with E-state index in [0.717, 1.165) is 11.3 Å². The quantitative estimate of drug-likeness (QED) is 0.378. The fourth-order valence-electron chi connectivity index (χ4n) is 3.26. The van der Waals surface area contributed by atoms with Gasteiger partial charge in [-0.25, -0.2) is 8.42 Å². The van der Waals surface area contributed by atoms with Crippen LogP contribution in [0.25, 0.3) is 11.5 Å². The maximum Gasteiger partial charge on any atom is 0.233 e. The Labute approximate surface area is 187 Å². The average molecular weight is 449 g/mol. The standard InChI is InChI=1S/C25H24N2O4S/c1-2-30-21-15-13-20(14-16-21)23-27-25(32(28,29)22-11-7-4-8-12-22)24(31-23)26-18-17-19-9-5-3-6-10-19/h3-16,26H,2,17-18H2,1H3. The van der Waals surface area contributed by atoms with Crippen molar-refractivity contribution in [2.24, 2.45) is 0 Å². The van der Waals surface area contributed by atoms with Crippen molar-refractivity contribution in [2.45, 2.75) is 23.3 Å². The maximum absolute atomic E-state index is 13.3. The van der Waals surface area contributed by atoms with E-state index in [1.54, 1.807) is 54.6 Å². The van der Waals surface area contributed by atoms with Gasteiger partial charge in [0.1, 0.15) is 5.75 Å². The number of nitrogens with zero attached hydrogens (tertiary/aromatic N) is 1. The van der Waals surface area contributed by atoms with Gasteiger partial charge in [0, 0.05) is 12.1 Å². The van der Waals surface area contributed by atoms with Gasteiger partial charge in [0.25, 0.3) is 0 Å². The molecule has 4 rings (SSSR count). The van der Waals surface area contributed by atoms with Gasteiger partial charge < -0.3 is 14.5 Å². The van der Waals surface area contributed by atoms with Crippen LogP contribution >= 0.6 is 0 Å². The van der Waals surface area contributed by atoms with Gasteiger partial charge in [0.05, 0.1) is 11.5 Å². The molecule has 0 atom stereocenters. The van der Waals surface area contributed by atoms with Crippen LogP contribution in [-0.4, -0.2) is 26.6 Å². The minimum Gasteiger partial charge on any atom is -0.494 e. The molecule has 0 spiro atoms. The monoisotopic (exact) mass is 448 g/mol. The van der Waals surface area contributed by atoms with Gasteiger partial charge in [0.2, 0.25) is 26.6 Å². The molecule has 0 unspecified atom stereocenters. The first-order valence-corrected chi connectivity index (χ1v) is 11.9. The second-order valence-electron chi connectivity index (χ2n) is 7.09. The van der Waals surface area contributed by atoms with Crippen molar-refractivity contribution in [3.05, 3.63) is 90.5 Å². The van der Waals surface area contributed by atoms with Gasteiger partial charge in [-0.05, 0) is 55.3 Å². The van der Waals surface area contributed by atoms with Gasteiger partial charge >= 0.3 is 0 Å². The number of nitrogens with one attached hydrogen (secondary N) is 1. The normalized spacial score (nSPS) is 11.3. The molecule has 0 amide bonds. The molecular formula is C25H24N2O4S. The number of oxazole rings is 1. The van der Waals surface area contributed by atoms with E-state index in [1.807, 2.05) is 37.3 Å². The van der Waals surface area contributed by atoms with Crippen molar-refractivity contribution in [1.29, 1.82) is 0 Å². The first-order valence-electron chi connectivity index (χ1n) is 10.4. The molecule has 0 fully saturated rings. The Kier molecular flexibility index (Phi) is 6.56. The molecule has 164 valence electrons. The summed E-state index contributed by atoms with van der Waals surface area (Å²) >= 11 is 0. The van der Waals surface area contributed by atoms with E-state index in [2.05, 4.69) is 10.3 Å². The number of aromatic nitrogens is 1. The number of benzene rings is 3. The Morgan fingerprint density at radius 1 is 0.906 bits per heavy atom. The van der Waals surface area contributed by atoms with Gasteiger partial charge in [-0.2, -0.15) is 4.98 Å². The van der Waals surface area contributed by atoms with Crippen molar-refractivity contribution >= 4 is 15.7 Å². The predicted molar refractivity (Wildman–Crippen MR) is 124 cm³/mol. The van der Waals surface area contributed by atoms with Crippen LogP contribution in [0.2, 0.25) is 0 Å². The fraction of sp³-hybridized carbons (Fsp3) is 0.160. The van der Waals surface area contributed by atoms with Crippen molar-refractivity contribution in [3.8, 4) is 17.2 Å². The Bertz CT molecular complexity index is 1250. The molecule has 32 heavy (non-hydrogen) atoms. The summed E-state index contributed by atoms with van der Waals surface area (Å²) in [5.74, 6) is 1.08. The zero-order valence-electron chi connectivity index (χ0n) is 17.7. The molecule has 0 aliphatic carbocycles. The molecule has 1 heterocycles. The summed E-state index contributed by atoms with van der Waals surface area (Å²) in [4.78, 5) is 4.54. The van der Waals surface area contributed by atoms with Crippen molar-refractivity contribution in [2.75, 3.05) is 18.5 Å². The fourth-order valence-corrected chi connectivity index (χ4v) is 4.56. The van der Waals surface area contributed by atoms with Crippen LogP contribution in [0.4, 0.5) is 5.88 Å². The predicted octanol–water partition coefficient (Wildman–Crippen LogP) is 5.23. The summed E-state index contributed by atoms with van der Waals surface area (Å²) < 4.78 is 38.0. The van der Waals surface area contributed by atoms with Crippen LogP contribution in [0.15, 0.2) is 99.3 Å². The Balaban J connectivity index is 1.66. The maximum atomic E-state index is 13.3. The summed E-state index contributed by atoms with van der Waals surface area (Å²) in [5.41, 5.74) is 1.80. The third-order valence-corrected chi connectivity index (χ3v) is 6.54. The highest BCUT2D eigenvalue weighted by Gasteiger charge is 2.28. The largest absolute Gasteiger partial charge is 0.494 e. The molecule has 0 bridgehead atoms. The summed E-state index contributed by atoms with van der Waals surface area (Å²) in [6.45, 7) is 2.97. The highest BCUT2D eigenvalue weighted by molar-refractivity contribution is 7.91. The van der Waals surface area contributed by atoms with Crippen LogP contribution < -0.4 is 10.1 Å². The van der Waals surface area contributed by atoms with E-state index >= 15 is 0 Å². The van der Waals surface area contributed by atoms with Crippen LogP contribution in [0.1, 0.15) is 12.5 Å². The molecule has 4 aromatic rings. The second kappa shape index (κ2) is 9.70. The van der Waals surface area contributed by atoms with Crippen LogP contribution in [-0.2, 0) is 16.3 Å². The Morgan fingerprint density at radius 2 is 1.56 bits per heavy atom. The smallest absolute Gasteiger partial charge is 0.233 e. The van der Waals surface area contributed by atoms with Gasteiger partial charge in [-0.1, -0.05) is 48.5 Å². The molecule has 0 saturated carbocycles. The first kappa shape index (κ1) is 21.6. The SMILES string of the molecule is CCOc1ccc(-c2nc(S(=O)(=O)c3ccccc3)c(NCCc3ccccc3)o2)cc1. The number of sulfone groups is 1. The minimum atomic E-state index is -3.86. The summed E-state index contributed by atoms with van der Waals surface area (Å²) in [6.07, 6.45) is 0.713. The average Bonchev–Trinajstić information content (AvgIpc) is 3.26. The Morgan fingerprint density at radius 3 is 2.22 bits per heavy atom. The minimum absolute atomic E-state index is 0.124. The number of rotatable bonds is 9. The molecule has 1 N–H and O–H groups in total. The molecule has 3 aromatic carbocycles. The molecule has 0 aliphatic rings. The second-order valence-corrected chi connectivity index (χ2v) is 8.95. The zero-order valence-corrected chi connectivity index (χ0v) is 18.5. The Hall–Kier alpha value is -3.58. The van der Waals surface area contributed by atoms with Gasteiger partial charge in [-0.15, -0.1) is 0 Å². The van der Waals surface area contributed by atoms with E-state index in [1.165, 1.54) is 0 Å². The van der Waals surface area contributed by atoms with E-state index in [-0.39, 0.29) is 21.7 Å². The van der Waals surface area contributed by atoms with E-state index in [4.69, 9.17) is 9.15 Å². The number of ether oxygens (including phenoxy) is 1. The molecule has 0 radical (unpaired) electrons. The van der Waals surface area contributed by atoms with Crippen molar-refractivity contribution in [3.63, 3.8) is 0 Å². The number of hydrogen-bond donors (Lipinski definition) is 1. The number of anilines is 1. The molecule has 1 aromatic heterocycles. The van der Waals surface area contributed by atoms with Crippen LogP contribution in [0.5, 0.6) is 5.75 Å². The number of hydrogen-bond acceptors (Lipinski definition) is 6. The third-order valence-electron chi connectivity index (χ3n) is 4.86. The molecule has 6 nitrogen and oxygen atoms in total. The molecule has 0 aliphatic heterocycles. The van der Waals surface area contributed by atoms with Crippen molar-refractivity contribution < 1.29 is 17.6 Å². The third kappa shape index (κ3) is 4.84. The first-order chi connectivity index (χ1) is 15.6. The summed E-state index contributed by atoms with van der Waals surface area (Å²) in [7, 11) is -3.86. The molecule has 0 saturated heterocycles. The topological polar surface area (TPSA) is 81.4 Å². The summed E-state index contributed by atoms with van der Waals surface area (Å²) in [5, 5.41) is 3.00. The van der Waals surface area contributed by atoms with Crippen LogP contribution in [0, 0.1) is 0 Å². The zero-order chi connectivity index (χ0) is 22.4. The van der Waals surface area contributed by atoms with E-state index in [9.17, 15) is 8.42 Å². The van der Waals surface area contributed by atoms with E-state index < -0.39 is 9.84 Å². The molecular weight excluding hydrogens is 424 g/mol. The van der Waals surface area contributed by atoms with Crippen molar-refractivity contribution in [1.82, 2.24) is 4.98 Å². The highest BCUT2D eigenvalue weighted by Crippen LogP contribution is 2.33. The lowest BCUT2D eigenvalue weighted by Crippen LogP contribution is -2.09. The van der Waals surface area contributed by atoms with Crippen LogP contribution in [0.3, 0.4) is 0 Å². The lowest BCUT2D eigenvalue weighted by Gasteiger charge is -2.06. The highest BCUT2D eigenvalue weighted by atomic mass is 32.2. The van der Waals surface area contributed by atoms with Gasteiger partial charge in [0.15, 0.2) is 0 Å². The van der Waals surface area contributed by atoms with Gasteiger partial charge in [-0.3, -0.25) is 0 Å².